The van der Waals surface area contributed by atoms with Crippen LogP contribution in [-0.2, 0) is 23.8 Å². The van der Waals surface area contributed by atoms with Crippen molar-refractivity contribution in [3.8, 4) is 17.1 Å². The van der Waals surface area contributed by atoms with Gasteiger partial charge < -0.3 is 15.5 Å². The Labute approximate surface area is 176 Å². The first-order chi connectivity index (χ1) is 14.7. The molecule has 0 spiro atoms. The van der Waals surface area contributed by atoms with Crippen molar-refractivity contribution in [3.05, 3.63) is 29.0 Å². The van der Waals surface area contributed by atoms with Crippen LogP contribution in [0.25, 0.3) is 11.4 Å². The second kappa shape index (κ2) is 8.29. The van der Waals surface area contributed by atoms with Gasteiger partial charge in [0.25, 0.3) is 0 Å². The number of rotatable bonds is 5. The Morgan fingerprint density at radius 1 is 1.19 bits per heavy atom. The van der Waals surface area contributed by atoms with Gasteiger partial charge in [-0.15, -0.1) is 10.2 Å². The zero-order valence-corrected chi connectivity index (χ0v) is 16.6. The summed E-state index contributed by atoms with van der Waals surface area (Å²) in [4.78, 5) is 16.7. The Bertz CT molecular complexity index is 999. The minimum atomic E-state index is -4.60. The number of pyridine rings is 1. The highest BCUT2D eigenvalue weighted by molar-refractivity contribution is 5.70. The molecule has 1 fully saturated rings. The number of likely N-dealkylation sites (tertiary alicyclic amines) is 1. The van der Waals surface area contributed by atoms with E-state index in [0.29, 0.717) is 36.7 Å². The smallest absolute Gasteiger partial charge is 0.418 e. The molecule has 0 aromatic carbocycles. The molecule has 2 aromatic heterocycles. The molecular formula is C20H22F3N5O3. The SMILES string of the molecule is O=C(O)CN1CCCC(Nc2nnc(-c3ncc(C(F)(F)F)cc3O)c3c2CCC3)C1. The summed E-state index contributed by atoms with van der Waals surface area (Å²) in [6.45, 7) is 1.29. The van der Waals surface area contributed by atoms with E-state index in [1.54, 1.807) is 0 Å². The fourth-order valence-corrected chi connectivity index (χ4v) is 4.29. The maximum absolute atomic E-state index is 12.9. The number of carboxylic acid groups (broad SMARTS) is 1. The number of fused-ring (bicyclic) bond motifs is 1. The molecule has 11 heteroatoms. The summed E-state index contributed by atoms with van der Waals surface area (Å²) in [6, 6.07) is 0.673. The van der Waals surface area contributed by atoms with Crippen molar-refractivity contribution in [2.45, 2.75) is 44.3 Å². The van der Waals surface area contributed by atoms with Gasteiger partial charge >= 0.3 is 12.1 Å². The Balaban J connectivity index is 1.59. The molecule has 4 rings (SSSR count). The molecule has 0 saturated carbocycles. The zero-order chi connectivity index (χ0) is 22.2. The predicted molar refractivity (Wildman–Crippen MR) is 105 cm³/mol. The maximum Gasteiger partial charge on any atom is 0.418 e. The zero-order valence-electron chi connectivity index (χ0n) is 16.6. The van der Waals surface area contributed by atoms with Crippen molar-refractivity contribution in [2.75, 3.05) is 25.0 Å². The first kappa shape index (κ1) is 21.3. The number of hydrogen-bond acceptors (Lipinski definition) is 7. The molecule has 3 N–H and O–H groups in total. The number of alkyl halides is 3. The third kappa shape index (κ3) is 4.55. The lowest BCUT2D eigenvalue weighted by Crippen LogP contribution is -2.44. The molecule has 31 heavy (non-hydrogen) atoms. The highest BCUT2D eigenvalue weighted by Gasteiger charge is 2.33. The number of halogens is 3. The molecule has 1 aliphatic carbocycles. The van der Waals surface area contributed by atoms with E-state index in [9.17, 15) is 23.1 Å². The Kier molecular flexibility index (Phi) is 5.69. The number of aromatic nitrogens is 3. The summed E-state index contributed by atoms with van der Waals surface area (Å²) in [7, 11) is 0. The van der Waals surface area contributed by atoms with Crippen LogP contribution >= 0.6 is 0 Å². The van der Waals surface area contributed by atoms with Crippen LogP contribution in [-0.4, -0.2) is 61.9 Å². The molecule has 166 valence electrons. The highest BCUT2D eigenvalue weighted by Crippen LogP contribution is 2.39. The summed E-state index contributed by atoms with van der Waals surface area (Å²) in [5.74, 6) is -0.852. The average molecular weight is 437 g/mol. The number of hydrogen-bond donors (Lipinski definition) is 3. The van der Waals surface area contributed by atoms with Gasteiger partial charge in [0.1, 0.15) is 17.1 Å². The van der Waals surface area contributed by atoms with Crippen LogP contribution in [0.3, 0.4) is 0 Å². The standard InChI is InChI=1S/C20H22F3N5O3/c21-20(22,23)11-7-15(29)18(24-8-11)17-13-4-1-5-14(13)19(27-26-17)25-12-3-2-6-28(9-12)10-16(30)31/h7-8,12,29H,1-6,9-10H2,(H,25,27)(H,30,31). The van der Waals surface area contributed by atoms with Crippen molar-refractivity contribution >= 4 is 11.8 Å². The topological polar surface area (TPSA) is 111 Å². The van der Waals surface area contributed by atoms with Crippen LogP contribution in [0, 0.1) is 0 Å². The van der Waals surface area contributed by atoms with E-state index in [1.165, 1.54) is 0 Å². The van der Waals surface area contributed by atoms with Gasteiger partial charge in [-0.05, 0) is 50.3 Å². The number of piperidine rings is 1. The van der Waals surface area contributed by atoms with Crippen LogP contribution in [0.15, 0.2) is 12.3 Å². The molecule has 1 unspecified atom stereocenters. The molecule has 0 radical (unpaired) electrons. The quantitative estimate of drug-likeness (QED) is 0.655. The van der Waals surface area contributed by atoms with Gasteiger partial charge in [0.2, 0.25) is 0 Å². The number of carbonyl (C=O) groups is 1. The number of nitrogens with zero attached hydrogens (tertiary/aromatic N) is 4. The maximum atomic E-state index is 12.9. The van der Waals surface area contributed by atoms with Crippen molar-refractivity contribution < 1.29 is 28.2 Å². The Morgan fingerprint density at radius 2 is 1.97 bits per heavy atom. The summed E-state index contributed by atoms with van der Waals surface area (Å²) in [5.41, 5.74) is 0.982. The van der Waals surface area contributed by atoms with Crippen LogP contribution < -0.4 is 5.32 Å². The monoisotopic (exact) mass is 437 g/mol. The largest absolute Gasteiger partial charge is 0.506 e. The molecule has 2 aliphatic rings. The number of carboxylic acids is 1. The lowest BCUT2D eigenvalue weighted by molar-refractivity contribution is -0.139. The first-order valence-corrected chi connectivity index (χ1v) is 10.1. The minimum Gasteiger partial charge on any atom is -0.506 e. The van der Waals surface area contributed by atoms with Crippen molar-refractivity contribution in [1.29, 1.82) is 0 Å². The number of aromatic hydroxyl groups is 1. The molecule has 1 atom stereocenters. The molecule has 1 saturated heterocycles. The normalized spacial score (nSPS) is 19.3. The van der Waals surface area contributed by atoms with Gasteiger partial charge in [0.15, 0.2) is 5.82 Å². The van der Waals surface area contributed by atoms with Crippen LogP contribution in [0.5, 0.6) is 5.75 Å². The molecular weight excluding hydrogens is 415 g/mol. The van der Waals surface area contributed by atoms with Gasteiger partial charge in [0, 0.05) is 24.3 Å². The van der Waals surface area contributed by atoms with E-state index in [4.69, 9.17) is 5.11 Å². The number of aliphatic carboxylic acids is 1. The van der Waals surface area contributed by atoms with Gasteiger partial charge in [-0.3, -0.25) is 9.69 Å². The predicted octanol–water partition coefficient (Wildman–Crippen LogP) is 2.71. The van der Waals surface area contributed by atoms with E-state index < -0.39 is 23.5 Å². The summed E-state index contributed by atoms with van der Waals surface area (Å²) < 4.78 is 38.6. The molecule has 3 heterocycles. The van der Waals surface area contributed by atoms with E-state index in [0.717, 1.165) is 43.4 Å². The molecule has 0 bridgehead atoms. The highest BCUT2D eigenvalue weighted by atomic mass is 19.4. The second-order valence-corrected chi connectivity index (χ2v) is 7.91. The fourth-order valence-electron chi connectivity index (χ4n) is 4.29. The average Bonchev–Trinajstić information content (AvgIpc) is 3.18. The Morgan fingerprint density at radius 3 is 2.68 bits per heavy atom. The third-order valence-electron chi connectivity index (χ3n) is 5.66. The van der Waals surface area contributed by atoms with Crippen molar-refractivity contribution in [3.63, 3.8) is 0 Å². The van der Waals surface area contributed by atoms with Crippen molar-refractivity contribution in [1.82, 2.24) is 20.1 Å². The van der Waals surface area contributed by atoms with E-state index in [1.807, 2.05) is 4.90 Å². The molecule has 0 amide bonds. The van der Waals surface area contributed by atoms with Gasteiger partial charge in [-0.2, -0.15) is 13.2 Å². The summed E-state index contributed by atoms with van der Waals surface area (Å²) >= 11 is 0. The van der Waals surface area contributed by atoms with Crippen molar-refractivity contribution in [2.24, 2.45) is 0 Å². The molecule has 8 nitrogen and oxygen atoms in total. The first-order valence-electron chi connectivity index (χ1n) is 10.1. The molecule has 2 aromatic rings. The van der Waals surface area contributed by atoms with E-state index >= 15 is 0 Å². The van der Waals surface area contributed by atoms with E-state index in [-0.39, 0.29) is 18.3 Å². The van der Waals surface area contributed by atoms with Crippen LogP contribution in [0.1, 0.15) is 36.0 Å². The van der Waals surface area contributed by atoms with Gasteiger partial charge in [-0.1, -0.05) is 0 Å². The Hall–Kier alpha value is -2.95. The second-order valence-electron chi connectivity index (χ2n) is 7.91. The van der Waals surface area contributed by atoms with Gasteiger partial charge in [-0.25, -0.2) is 4.98 Å². The lowest BCUT2D eigenvalue weighted by atomic mass is 10.0. The van der Waals surface area contributed by atoms with Crippen LogP contribution in [0.4, 0.5) is 19.0 Å². The summed E-state index contributed by atoms with van der Waals surface area (Å²) in [5, 5.41) is 31.0. The lowest BCUT2D eigenvalue weighted by Gasteiger charge is -2.32. The number of nitrogens with one attached hydrogen (secondary N) is 1. The third-order valence-corrected chi connectivity index (χ3v) is 5.66. The summed E-state index contributed by atoms with van der Waals surface area (Å²) in [6.07, 6.45) is 0.0430. The molecule has 1 aliphatic heterocycles. The fraction of sp³-hybridized carbons (Fsp3) is 0.500. The van der Waals surface area contributed by atoms with Gasteiger partial charge in [0.05, 0.1) is 12.1 Å². The minimum absolute atomic E-state index is 0.0141. The van der Waals surface area contributed by atoms with E-state index in [2.05, 4.69) is 20.5 Å². The number of anilines is 1. The van der Waals surface area contributed by atoms with Crippen LogP contribution in [0.2, 0.25) is 0 Å².